The molecule has 0 aromatic rings. The number of likely N-dealkylation sites (tertiary alicyclic amines) is 1. The van der Waals surface area contributed by atoms with Gasteiger partial charge in [-0.2, -0.15) is 0 Å². The van der Waals surface area contributed by atoms with Crippen molar-refractivity contribution < 1.29 is 18.8 Å². The first-order valence-corrected chi connectivity index (χ1v) is 8.71. The van der Waals surface area contributed by atoms with Crippen molar-refractivity contribution in [2.75, 3.05) is 60.7 Å². The average Bonchev–Trinajstić information content (AvgIpc) is 2.54. The minimum Gasteiger partial charge on any atom is -0.382 e. The number of piperidine rings is 1. The molecule has 0 spiro atoms. The summed E-state index contributed by atoms with van der Waals surface area (Å²) in [4.78, 5) is 11.9. The van der Waals surface area contributed by atoms with Crippen LogP contribution in [-0.2, 0) is 14.3 Å². The number of amides is 1. The van der Waals surface area contributed by atoms with E-state index in [2.05, 4.69) is 19.4 Å². The first-order valence-electron chi connectivity index (χ1n) is 8.71. The number of hydrogen-bond donors (Lipinski definition) is 1. The van der Waals surface area contributed by atoms with Crippen molar-refractivity contribution in [2.45, 2.75) is 40.5 Å². The molecule has 134 valence electrons. The molecule has 0 saturated carbocycles. The molecule has 1 heterocycles. The Kier molecular flexibility index (Phi) is 16.4. The lowest BCUT2D eigenvalue weighted by atomic mass is 9.95. The Morgan fingerprint density at radius 1 is 1.05 bits per heavy atom. The summed E-state index contributed by atoms with van der Waals surface area (Å²) < 4.78 is 11.2. The molecule has 1 aliphatic rings. The van der Waals surface area contributed by atoms with E-state index >= 15 is 0 Å². The number of nitrogens with one attached hydrogen (secondary N) is 1. The number of methoxy groups -OCH3 is 1. The fourth-order valence-corrected chi connectivity index (χ4v) is 2.16. The number of nitrogens with zero attached hydrogens (tertiary/aromatic N) is 1. The Labute approximate surface area is 137 Å². The second kappa shape index (κ2) is 15.3. The molecule has 1 aliphatic heterocycles. The van der Waals surface area contributed by atoms with Gasteiger partial charge in [0.05, 0.1) is 47.0 Å². The minimum atomic E-state index is 0.185. The Balaban J connectivity index is 0. The van der Waals surface area contributed by atoms with Crippen LogP contribution in [0.25, 0.3) is 0 Å². The van der Waals surface area contributed by atoms with Gasteiger partial charge in [-0.25, -0.2) is 0 Å². The van der Waals surface area contributed by atoms with Crippen molar-refractivity contribution in [3.8, 4) is 0 Å². The predicted octanol–water partition coefficient (Wildman–Crippen LogP) is 2.30. The highest BCUT2D eigenvalue weighted by atomic mass is 16.5. The first-order chi connectivity index (χ1) is 10.5. The highest BCUT2D eigenvalue weighted by Crippen LogP contribution is 2.20. The van der Waals surface area contributed by atoms with Crippen molar-refractivity contribution in [1.29, 1.82) is 0 Å². The van der Waals surface area contributed by atoms with E-state index in [9.17, 15) is 4.79 Å². The zero-order valence-corrected chi connectivity index (χ0v) is 15.9. The Hall–Kier alpha value is -0.650. The summed E-state index contributed by atoms with van der Waals surface area (Å²) in [7, 11) is 6.09. The fraction of sp³-hybridized carbons (Fsp3) is 0.941. The van der Waals surface area contributed by atoms with Crippen LogP contribution < -0.4 is 5.32 Å². The van der Waals surface area contributed by atoms with E-state index in [4.69, 9.17) is 9.47 Å². The van der Waals surface area contributed by atoms with Crippen molar-refractivity contribution >= 4 is 5.91 Å². The van der Waals surface area contributed by atoms with E-state index < -0.39 is 0 Å². The predicted molar refractivity (Wildman–Crippen MR) is 93.0 cm³/mol. The van der Waals surface area contributed by atoms with Gasteiger partial charge in [-0.05, 0) is 0 Å². The van der Waals surface area contributed by atoms with Gasteiger partial charge in [0.1, 0.15) is 0 Å². The van der Waals surface area contributed by atoms with Crippen LogP contribution in [0.1, 0.15) is 40.5 Å². The van der Waals surface area contributed by atoms with Gasteiger partial charge >= 0.3 is 0 Å². The van der Waals surface area contributed by atoms with Crippen LogP contribution in [0.15, 0.2) is 0 Å². The van der Waals surface area contributed by atoms with Crippen LogP contribution in [0.3, 0.4) is 0 Å². The van der Waals surface area contributed by atoms with E-state index in [1.807, 2.05) is 27.7 Å². The zero-order valence-electron chi connectivity index (χ0n) is 15.9. The molecule has 0 aliphatic carbocycles. The number of rotatable bonds is 7. The quantitative estimate of drug-likeness (QED) is 0.578. The molecule has 0 unspecified atom stereocenters. The normalized spacial score (nSPS) is 16.7. The molecule has 1 rings (SSSR count). The summed E-state index contributed by atoms with van der Waals surface area (Å²) in [5.74, 6) is 0.375. The molecule has 1 fully saturated rings. The van der Waals surface area contributed by atoms with Crippen molar-refractivity contribution in [2.24, 2.45) is 5.92 Å². The summed E-state index contributed by atoms with van der Waals surface area (Å²) in [5.41, 5.74) is 0. The number of carbonyl (C=O) groups excluding carboxylic acids is 1. The third kappa shape index (κ3) is 12.0. The summed E-state index contributed by atoms with van der Waals surface area (Å²) in [6.45, 7) is 12.5. The van der Waals surface area contributed by atoms with Gasteiger partial charge in [0.15, 0.2) is 0 Å². The smallest absolute Gasteiger partial charge is 0.223 e. The molecule has 0 aromatic heterocycles. The van der Waals surface area contributed by atoms with Crippen LogP contribution in [-0.4, -0.2) is 71.1 Å². The average molecular weight is 320 g/mol. The lowest BCUT2D eigenvalue weighted by Gasteiger charge is -2.36. The molecular formula is C17H39N2O3+. The summed E-state index contributed by atoms with van der Waals surface area (Å²) >= 11 is 0. The van der Waals surface area contributed by atoms with Gasteiger partial charge in [0.2, 0.25) is 5.91 Å². The summed E-state index contributed by atoms with van der Waals surface area (Å²) in [5, 5.41) is 2.94. The molecule has 1 saturated heterocycles. The highest BCUT2D eigenvalue weighted by molar-refractivity contribution is 5.78. The van der Waals surface area contributed by atoms with Crippen LogP contribution >= 0.6 is 0 Å². The lowest BCUT2D eigenvalue weighted by molar-refractivity contribution is -0.895. The van der Waals surface area contributed by atoms with Crippen LogP contribution in [0.5, 0.6) is 0 Å². The number of carbonyl (C=O) groups is 1. The molecular weight excluding hydrogens is 280 g/mol. The van der Waals surface area contributed by atoms with Crippen molar-refractivity contribution in [1.82, 2.24) is 5.32 Å². The number of hydrogen-bond acceptors (Lipinski definition) is 3. The molecule has 0 radical (unpaired) electrons. The topological polar surface area (TPSA) is 47.6 Å². The van der Waals surface area contributed by atoms with Gasteiger partial charge in [0, 0.05) is 32.4 Å². The minimum absolute atomic E-state index is 0.185. The maximum absolute atomic E-state index is 11.9. The van der Waals surface area contributed by atoms with E-state index in [1.165, 1.54) is 0 Å². The molecule has 0 atom stereocenters. The Morgan fingerprint density at radius 2 is 1.59 bits per heavy atom. The largest absolute Gasteiger partial charge is 0.382 e. The van der Waals surface area contributed by atoms with Crippen molar-refractivity contribution in [3.63, 3.8) is 0 Å². The van der Waals surface area contributed by atoms with Crippen LogP contribution in [0.2, 0.25) is 0 Å². The summed E-state index contributed by atoms with van der Waals surface area (Å²) in [6.07, 6.45) is 1.98. The monoisotopic (exact) mass is 319 g/mol. The van der Waals surface area contributed by atoms with Crippen LogP contribution in [0.4, 0.5) is 0 Å². The Morgan fingerprint density at radius 3 is 2.09 bits per heavy atom. The van der Waals surface area contributed by atoms with Gasteiger partial charge in [-0.15, -0.1) is 0 Å². The molecule has 22 heavy (non-hydrogen) atoms. The van der Waals surface area contributed by atoms with E-state index in [1.54, 1.807) is 7.11 Å². The maximum Gasteiger partial charge on any atom is 0.223 e. The summed E-state index contributed by atoms with van der Waals surface area (Å²) in [6, 6.07) is 0. The first kappa shape index (κ1) is 23.6. The van der Waals surface area contributed by atoms with Crippen molar-refractivity contribution in [3.05, 3.63) is 0 Å². The standard InChI is InChI=1S/C13H26N2O3.2C2H6/c1-15(2)7-4-12(5-8-15)13(16)14-6-9-18-11-10-17-3;2*1-2/h12H,4-11H2,1-3H3;2*1-2H3/p+1. The highest BCUT2D eigenvalue weighted by Gasteiger charge is 2.30. The molecule has 5 heteroatoms. The molecule has 0 aromatic carbocycles. The number of ether oxygens (including phenoxy) is 2. The van der Waals surface area contributed by atoms with Gasteiger partial charge in [-0.1, -0.05) is 27.7 Å². The van der Waals surface area contributed by atoms with E-state index in [0.29, 0.717) is 26.4 Å². The molecule has 1 amide bonds. The maximum atomic E-state index is 11.9. The van der Waals surface area contributed by atoms with Gasteiger partial charge in [0.25, 0.3) is 0 Å². The third-order valence-electron chi connectivity index (χ3n) is 3.51. The van der Waals surface area contributed by atoms with Crippen LogP contribution in [0, 0.1) is 5.92 Å². The second-order valence-corrected chi connectivity index (χ2v) is 5.55. The number of quaternary nitrogens is 1. The molecule has 0 bridgehead atoms. The molecule has 5 nitrogen and oxygen atoms in total. The zero-order chi connectivity index (χ0) is 17.4. The van der Waals surface area contributed by atoms with E-state index in [-0.39, 0.29) is 11.8 Å². The van der Waals surface area contributed by atoms with E-state index in [0.717, 1.165) is 30.4 Å². The fourth-order valence-electron chi connectivity index (χ4n) is 2.16. The second-order valence-electron chi connectivity index (χ2n) is 5.55. The Bertz CT molecular complexity index is 248. The van der Waals surface area contributed by atoms with Gasteiger partial charge < -0.3 is 19.3 Å². The van der Waals surface area contributed by atoms with Gasteiger partial charge in [-0.3, -0.25) is 4.79 Å². The lowest BCUT2D eigenvalue weighted by Crippen LogP contribution is -2.49. The molecule has 1 N–H and O–H groups in total. The third-order valence-corrected chi connectivity index (χ3v) is 3.51. The SMILES string of the molecule is CC.CC.COCCOCCNC(=O)C1CC[N+](C)(C)CC1.